The maximum atomic E-state index is 10.7. The summed E-state index contributed by atoms with van der Waals surface area (Å²) in [5.74, 6) is 0. The molecule has 22 heavy (non-hydrogen) atoms. The Kier molecular flexibility index (Phi) is 3.31. The van der Waals surface area contributed by atoms with Crippen molar-refractivity contribution in [2.45, 2.75) is 13.3 Å². The Hall–Kier alpha value is -3.20. The van der Waals surface area contributed by atoms with E-state index in [0.29, 0.717) is 5.69 Å². The lowest BCUT2D eigenvalue weighted by Gasteiger charge is -2.02. The predicted molar refractivity (Wildman–Crippen MR) is 81.3 cm³/mol. The number of imidazole rings is 1. The molecule has 6 nitrogen and oxygen atoms in total. The highest BCUT2D eigenvalue weighted by Crippen LogP contribution is 2.27. The highest BCUT2D eigenvalue weighted by molar-refractivity contribution is 5.68. The van der Waals surface area contributed by atoms with E-state index < -0.39 is 4.92 Å². The van der Waals surface area contributed by atoms with Crippen molar-refractivity contribution in [3.8, 4) is 17.3 Å². The van der Waals surface area contributed by atoms with Gasteiger partial charge in [-0.25, -0.2) is 4.98 Å². The van der Waals surface area contributed by atoms with Crippen LogP contribution in [0.1, 0.15) is 11.3 Å². The minimum atomic E-state index is -0.437. The van der Waals surface area contributed by atoms with E-state index >= 15 is 0 Å². The first-order valence-electron chi connectivity index (χ1n) is 6.69. The molecule has 0 saturated carbocycles. The summed E-state index contributed by atoms with van der Waals surface area (Å²) < 4.78 is 1.90. The fourth-order valence-corrected chi connectivity index (χ4v) is 2.42. The molecule has 0 spiro atoms. The predicted octanol–water partition coefficient (Wildman–Crippen LogP) is 3.28. The van der Waals surface area contributed by atoms with E-state index in [-0.39, 0.29) is 12.1 Å². The molecule has 0 radical (unpaired) electrons. The number of fused-ring (bicyclic) bond motifs is 1. The van der Waals surface area contributed by atoms with Gasteiger partial charge >= 0.3 is 0 Å². The van der Waals surface area contributed by atoms with Gasteiger partial charge in [-0.2, -0.15) is 5.26 Å². The monoisotopic (exact) mass is 292 g/mol. The summed E-state index contributed by atoms with van der Waals surface area (Å²) in [5, 5.41) is 19.8. The van der Waals surface area contributed by atoms with Crippen LogP contribution in [0.4, 0.5) is 5.69 Å². The van der Waals surface area contributed by atoms with Crippen molar-refractivity contribution in [1.29, 1.82) is 5.26 Å². The number of nitro benzene ring substituents is 1. The molecule has 108 valence electrons. The van der Waals surface area contributed by atoms with Gasteiger partial charge in [0.05, 0.1) is 28.8 Å². The Balaban J connectivity index is 2.19. The molecule has 0 saturated heterocycles. The summed E-state index contributed by atoms with van der Waals surface area (Å²) in [7, 11) is 0. The Morgan fingerprint density at radius 1 is 1.27 bits per heavy atom. The molecule has 0 bridgehead atoms. The minimum absolute atomic E-state index is 0.0326. The Morgan fingerprint density at radius 2 is 2.00 bits per heavy atom. The number of nitriles is 1. The average molecular weight is 292 g/mol. The third-order valence-electron chi connectivity index (χ3n) is 3.46. The third kappa shape index (κ3) is 2.29. The van der Waals surface area contributed by atoms with Crippen LogP contribution in [0.3, 0.4) is 0 Å². The molecule has 3 aromatic rings. The number of aromatic nitrogens is 2. The van der Waals surface area contributed by atoms with Gasteiger partial charge in [-0.3, -0.25) is 10.1 Å². The first-order valence-corrected chi connectivity index (χ1v) is 6.69. The van der Waals surface area contributed by atoms with E-state index in [9.17, 15) is 10.1 Å². The van der Waals surface area contributed by atoms with Crippen LogP contribution < -0.4 is 0 Å². The van der Waals surface area contributed by atoms with Gasteiger partial charge in [-0.05, 0) is 30.7 Å². The van der Waals surface area contributed by atoms with Gasteiger partial charge in [0.25, 0.3) is 5.69 Å². The zero-order valence-corrected chi connectivity index (χ0v) is 11.9. The van der Waals surface area contributed by atoms with E-state index in [2.05, 4.69) is 11.1 Å². The van der Waals surface area contributed by atoms with Crippen LogP contribution in [0, 0.1) is 28.4 Å². The molecule has 2 aromatic heterocycles. The number of hydrogen-bond donors (Lipinski definition) is 0. The summed E-state index contributed by atoms with van der Waals surface area (Å²) in [6.07, 6.45) is 2.15. The number of pyridine rings is 1. The maximum Gasteiger partial charge on any atom is 0.269 e. The SMILES string of the molecule is Cc1ccc2nc(-c3ccc([N+](=O)[O-])cc3)c(CC#N)n2c1. The second-order valence-electron chi connectivity index (χ2n) is 4.98. The minimum Gasteiger partial charge on any atom is -0.302 e. The smallest absolute Gasteiger partial charge is 0.269 e. The molecule has 0 unspecified atom stereocenters. The number of non-ortho nitro benzene ring substituents is 1. The van der Waals surface area contributed by atoms with E-state index in [1.165, 1.54) is 12.1 Å². The molecule has 0 aliphatic heterocycles. The molecule has 0 N–H and O–H groups in total. The molecular formula is C16H12N4O2. The van der Waals surface area contributed by atoms with Crippen molar-refractivity contribution >= 4 is 11.3 Å². The number of aryl methyl sites for hydroxylation is 1. The molecular weight excluding hydrogens is 280 g/mol. The van der Waals surface area contributed by atoms with Gasteiger partial charge in [0.1, 0.15) is 5.65 Å². The summed E-state index contributed by atoms with van der Waals surface area (Å²) in [4.78, 5) is 14.9. The Bertz CT molecular complexity index is 904. The van der Waals surface area contributed by atoms with Crippen molar-refractivity contribution in [3.05, 3.63) is 64.0 Å². The van der Waals surface area contributed by atoms with E-state index in [1.807, 2.05) is 29.7 Å². The largest absolute Gasteiger partial charge is 0.302 e. The zero-order valence-electron chi connectivity index (χ0n) is 11.9. The van der Waals surface area contributed by atoms with Crippen LogP contribution in [-0.4, -0.2) is 14.3 Å². The van der Waals surface area contributed by atoms with E-state index in [0.717, 1.165) is 22.5 Å². The van der Waals surface area contributed by atoms with E-state index in [1.54, 1.807) is 12.1 Å². The van der Waals surface area contributed by atoms with Crippen LogP contribution >= 0.6 is 0 Å². The lowest BCUT2D eigenvalue weighted by atomic mass is 10.1. The standard InChI is InChI=1S/C16H12N4O2/c1-11-2-7-15-18-16(14(8-9-17)19(15)10-11)12-3-5-13(6-4-12)20(21)22/h2-7,10H,8H2,1H3. The number of hydrogen-bond acceptors (Lipinski definition) is 4. The van der Waals surface area contributed by atoms with Gasteiger partial charge in [0.2, 0.25) is 0 Å². The van der Waals surface area contributed by atoms with Crippen LogP contribution in [0.15, 0.2) is 42.6 Å². The number of nitro groups is 1. The molecule has 0 aliphatic carbocycles. The molecule has 0 amide bonds. The Labute approximate surface area is 126 Å². The Morgan fingerprint density at radius 3 is 2.64 bits per heavy atom. The second kappa shape index (κ2) is 5.30. The van der Waals surface area contributed by atoms with Gasteiger partial charge in [-0.15, -0.1) is 0 Å². The summed E-state index contributed by atoms with van der Waals surface area (Å²) in [6, 6.07) is 12.2. The summed E-state index contributed by atoms with van der Waals surface area (Å²) >= 11 is 0. The average Bonchev–Trinajstić information content (AvgIpc) is 2.86. The molecule has 1 aromatic carbocycles. The summed E-state index contributed by atoms with van der Waals surface area (Å²) in [5.41, 5.74) is 4.09. The highest BCUT2D eigenvalue weighted by atomic mass is 16.6. The van der Waals surface area contributed by atoms with Crippen LogP contribution in [0.2, 0.25) is 0 Å². The fraction of sp³-hybridized carbons (Fsp3) is 0.125. The van der Waals surface area contributed by atoms with Crippen molar-refractivity contribution in [3.63, 3.8) is 0 Å². The van der Waals surface area contributed by atoms with Gasteiger partial charge in [0, 0.05) is 23.9 Å². The first kappa shape index (κ1) is 13.8. The normalized spacial score (nSPS) is 10.5. The lowest BCUT2D eigenvalue weighted by molar-refractivity contribution is -0.384. The van der Waals surface area contributed by atoms with Gasteiger partial charge in [0.15, 0.2) is 0 Å². The quantitative estimate of drug-likeness (QED) is 0.547. The second-order valence-corrected chi connectivity index (χ2v) is 4.98. The molecule has 0 aliphatic rings. The molecule has 2 heterocycles. The van der Waals surface area contributed by atoms with Crippen molar-refractivity contribution in [2.75, 3.05) is 0 Å². The van der Waals surface area contributed by atoms with E-state index in [4.69, 9.17) is 5.26 Å². The van der Waals surface area contributed by atoms with Crippen molar-refractivity contribution < 1.29 is 4.92 Å². The zero-order chi connectivity index (χ0) is 15.7. The lowest BCUT2D eigenvalue weighted by Crippen LogP contribution is -1.94. The third-order valence-corrected chi connectivity index (χ3v) is 3.46. The fourth-order valence-electron chi connectivity index (χ4n) is 2.42. The number of rotatable bonds is 3. The first-order chi connectivity index (χ1) is 10.6. The van der Waals surface area contributed by atoms with Crippen molar-refractivity contribution in [1.82, 2.24) is 9.38 Å². The van der Waals surface area contributed by atoms with Crippen LogP contribution in [-0.2, 0) is 6.42 Å². The molecule has 3 rings (SSSR count). The number of benzene rings is 1. The maximum absolute atomic E-state index is 10.7. The van der Waals surface area contributed by atoms with Gasteiger partial charge in [-0.1, -0.05) is 6.07 Å². The summed E-state index contributed by atoms with van der Waals surface area (Å²) in [6.45, 7) is 1.97. The topological polar surface area (TPSA) is 84.2 Å². The molecule has 0 atom stereocenters. The number of nitrogens with zero attached hydrogens (tertiary/aromatic N) is 4. The van der Waals surface area contributed by atoms with Crippen LogP contribution in [0.25, 0.3) is 16.9 Å². The molecule has 6 heteroatoms. The van der Waals surface area contributed by atoms with Crippen LogP contribution in [0.5, 0.6) is 0 Å². The van der Waals surface area contributed by atoms with Gasteiger partial charge < -0.3 is 4.40 Å². The molecule has 0 fully saturated rings. The highest BCUT2D eigenvalue weighted by Gasteiger charge is 2.15. The van der Waals surface area contributed by atoms with Crippen molar-refractivity contribution in [2.24, 2.45) is 0 Å².